The van der Waals surface area contributed by atoms with Crippen LogP contribution in [0.1, 0.15) is 41.7 Å². The van der Waals surface area contributed by atoms with Gasteiger partial charge in [0, 0.05) is 19.2 Å². The van der Waals surface area contributed by atoms with Gasteiger partial charge in [-0.25, -0.2) is 13.1 Å². The number of nitrogens with zero attached hydrogens (tertiary/aromatic N) is 3. The first-order valence-electron chi connectivity index (χ1n) is 11.5. The highest BCUT2D eigenvalue weighted by Gasteiger charge is 2.26. The number of benzene rings is 2. The number of ether oxygens (including phenoxy) is 1. The first-order chi connectivity index (χ1) is 16.9. The van der Waals surface area contributed by atoms with E-state index in [0.717, 1.165) is 31.2 Å². The number of sulfonamides is 1. The van der Waals surface area contributed by atoms with Gasteiger partial charge < -0.3 is 10.1 Å². The zero-order valence-corrected chi connectivity index (χ0v) is 20.3. The molecule has 0 saturated carbocycles. The highest BCUT2D eigenvalue weighted by molar-refractivity contribution is 7.89. The van der Waals surface area contributed by atoms with Crippen LogP contribution in [0, 0.1) is 0 Å². The molecule has 0 atom stereocenters. The first kappa shape index (κ1) is 24.6. The van der Waals surface area contributed by atoms with Crippen LogP contribution in [0.5, 0.6) is 5.75 Å². The standard InChI is InChI=1S/C25H28N4O5S/c1-34-23-13-11-20(35(32,33)28-15-7-2-3-8-16-28)17-22(23)26-25(31)21-12-14-24(30)29(27-21)18-19-9-5-4-6-10-19/h4-6,9-14,17H,2-3,7-8,15-16,18H2,1H3,(H,26,31). The minimum absolute atomic E-state index is 0.0170. The summed E-state index contributed by atoms with van der Waals surface area (Å²) in [4.78, 5) is 25.3. The van der Waals surface area contributed by atoms with E-state index in [1.165, 1.54) is 46.4 Å². The van der Waals surface area contributed by atoms with E-state index in [2.05, 4.69) is 10.4 Å². The molecule has 0 radical (unpaired) electrons. The monoisotopic (exact) mass is 496 g/mol. The number of amides is 1. The van der Waals surface area contributed by atoms with Gasteiger partial charge in [0.2, 0.25) is 10.0 Å². The average Bonchev–Trinajstić information content (AvgIpc) is 3.16. The molecule has 3 aromatic rings. The summed E-state index contributed by atoms with van der Waals surface area (Å²) in [5.74, 6) is -0.278. The molecule has 4 rings (SSSR count). The lowest BCUT2D eigenvalue weighted by Gasteiger charge is -2.21. The summed E-state index contributed by atoms with van der Waals surface area (Å²) in [6.07, 6.45) is 3.66. The van der Waals surface area contributed by atoms with E-state index in [4.69, 9.17) is 4.74 Å². The third-order valence-corrected chi connectivity index (χ3v) is 7.79. The van der Waals surface area contributed by atoms with Gasteiger partial charge in [0.05, 0.1) is 24.2 Å². The van der Waals surface area contributed by atoms with E-state index in [1.54, 1.807) is 0 Å². The van der Waals surface area contributed by atoms with Crippen LogP contribution in [0.3, 0.4) is 0 Å². The van der Waals surface area contributed by atoms with Crippen molar-refractivity contribution in [3.63, 3.8) is 0 Å². The molecule has 1 amide bonds. The Morgan fingerprint density at radius 2 is 1.71 bits per heavy atom. The summed E-state index contributed by atoms with van der Waals surface area (Å²) in [6.45, 7) is 1.17. The number of aromatic nitrogens is 2. The molecule has 184 valence electrons. The molecule has 1 saturated heterocycles. The summed E-state index contributed by atoms with van der Waals surface area (Å²) >= 11 is 0. The minimum atomic E-state index is -3.71. The van der Waals surface area contributed by atoms with Gasteiger partial charge in [0.1, 0.15) is 11.4 Å². The number of hydrogen-bond acceptors (Lipinski definition) is 6. The second-order valence-electron chi connectivity index (χ2n) is 8.33. The number of carbonyl (C=O) groups is 1. The Morgan fingerprint density at radius 3 is 2.40 bits per heavy atom. The third-order valence-electron chi connectivity index (χ3n) is 5.90. The number of carbonyl (C=O) groups excluding carboxylic acids is 1. The molecule has 2 aromatic carbocycles. The van der Waals surface area contributed by atoms with Crippen molar-refractivity contribution in [1.29, 1.82) is 0 Å². The van der Waals surface area contributed by atoms with Crippen LogP contribution in [0.25, 0.3) is 0 Å². The van der Waals surface area contributed by atoms with Crippen molar-refractivity contribution in [2.45, 2.75) is 37.1 Å². The topological polar surface area (TPSA) is 111 Å². The van der Waals surface area contributed by atoms with Crippen LogP contribution in [-0.4, -0.2) is 48.6 Å². The Kier molecular flexibility index (Phi) is 7.62. The molecule has 0 unspecified atom stereocenters. The van der Waals surface area contributed by atoms with E-state index in [9.17, 15) is 18.0 Å². The quantitative estimate of drug-likeness (QED) is 0.538. The van der Waals surface area contributed by atoms with Crippen molar-refractivity contribution in [3.05, 3.63) is 82.3 Å². The Hall–Kier alpha value is -3.50. The van der Waals surface area contributed by atoms with Gasteiger partial charge in [0.15, 0.2) is 0 Å². The molecule has 0 spiro atoms. The molecule has 1 fully saturated rings. The molecule has 1 aliphatic rings. The van der Waals surface area contributed by atoms with E-state index in [-0.39, 0.29) is 28.4 Å². The highest BCUT2D eigenvalue weighted by Crippen LogP contribution is 2.30. The van der Waals surface area contributed by atoms with Gasteiger partial charge in [-0.2, -0.15) is 9.40 Å². The number of hydrogen-bond donors (Lipinski definition) is 1. The normalized spacial score (nSPS) is 14.8. The summed E-state index contributed by atoms with van der Waals surface area (Å²) in [6, 6.07) is 16.3. The van der Waals surface area contributed by atoms with Gasteiger partial charge >= 0.3 is 0 Å². The Labute approximate surface area is 204 Å². The Balaban J connectivity index is 1.59. The lowest BCUT2D eigenvalue weighted by atomic mass is 10.2. The molecule has 9 nitrogen and oxygen atoms in total. The van der Waals surface area contributed by atoms with Crippen LogP contribution in [-0.2, 0) is 16.6 Å². The summed E-state index contributed by atoms with van der Waals surface area (Å²) in [5, 5.41) is 6.89. The van der Waals surface area contributed by atoms with Gasteiger partial charge in [-0.1, -0.05) is 43.2 Å². The van der Waals surface area contributed by atoms with Crippen molar-refractivity contribution < 1.29 is 17.9 Å². The average molecular weight is 497 g/mol. The van der Waals surface area contributed by atoms with Gasteiger partial charge in [-0.3, -0.25) is 9.59 Å². The number of nitrogens with one attached hydrogen (secondary N) is 1. The van der Waals surface area contributed by atoms with Crippen LogP contribution >= 0.6 is 0 Å². The van der Waals surface area contributed by atoms with Crippen LogP contribution in [0.15, 0.2) is 70.4 Å². The van der Waals surface area contributed by atoms with Crippen molar-refractivity contribution in [3.8, 4) is 5.75 Å². The molecule has 1 N–H and O–H groups in total. The smallest absolute Gasteiger partial charge is 0.276 e. The number of rotatable bonds is 7. The van der Waals surface area contributed by atoms with Crippen LogP contribution in [0.2, 0.25) is 0 Å². The molecule has 0 aliphatic carbocycles. The zero-order chi connectivity index (χ0) is 24.8. The van der Waals surface area contributed by atoms with E-state index in [0.29, 0.717) is 18.8 Å². The third kappa shape index (κ3) is 5.77. The van der Waals surface area contributed by atoms with E-state index in [1.807, 2.05) is 30.3 Å². The van der Waals surface area contributed by atoms with E-state index >= 15 is 0 Å². The molecular formula is C25H28N4O5S. The molecule has 1 aromatic heterocycles. The fraction of sp³-hybridized carbons (Fsp3) is 0.320. The Morgan fingerprint density at radius 1 is 1.00 bits per heavy atom. The lowest BCUT2D eigenvalue weighted by molar-refractivity contribution is 0.101. The maximum Gasteiger partial charge on any atom is 0.276 e. The van der Waals surface area contributed by atoms with E-state index < -0.39 is 15.9 Å². The van der Waals surface area contributed by atoms with Crippen molar-refractivity contribution in [2.75, 3.05) is 25.5 Å². The first-order valence-corrected chi connectivity index (χ1v) is 12.9. The van der Waals surface area contributed by atoms with Crippen LogP contribution < -0.4 is 15.6 Å². The number of methoxy groups -OCH3 is 1. The van der Waals surface area contributed by atoms with Gasteiger partial charge in [0.25, 0.3) is 11.5 Å². The van der Waals surface area contributed by atoms with Gasteiger partial charge in [-0.15, -0.1) is 0 Å². The molecule has 1 aliphatic heterocycles. The molecular weight excluding hydrogens is 468 g/mol. The van der Waals surface area contributed by atoms with Crippen molar-refractivity contribution in [2.24, 2.45) is 0 Å². The predicted octanol–water partition coefficient (Wildman–Crippen LogP) is 3.12. The fourth-order valence-corrected chi connectivity index (χ4v) is 5.55. The maximum atomic E-state index is 13.2. The molecule has 10 heteroatoms. The second-order valence-corrected chi connectivity index (χ2v) is 10.3. The molecule has 35 heavy (non-hydrogen) atoms. The minimum Gasteiger partial charge on any atom is -0.495 e. The van der Waals surface area contributed by atoms with Crippen molar-refractivity contribution in [1.82, 2.24) is 14.1 Å². The van der Waals surface area contributed by atoms with Gasteiger partial charge in [-0.05, 0) is 42.7 Å². The highest BCUT2D eigenvalue weighted by atomic mass is 32.2. The summed E-state index contributed by atoms with van der Waals surface area (Å²) < 4.78 is 34.5. The van der Waals surface area contributed by atoms with Crippen LogP contribution in [0.4, 0.5) is 5.69 Å². The van der Waals surface area contributed by atoms with Crippen molar-refractivity contribution >= 4 is 21.6 Å². The maximum absolute atomic E-state index is 13.2. The largest absolute Gasteiger partial charge is 0.495 e. The predicted molar refractivity (Wildman–Crippen MR) is 132 cm³/mol. The second kappa shape index (κ2) is 10.8. The SMILES string of the molecule is COc1ccc(S(=O)(=O)N2CCCCCC2)cc1NC(=O)c1ccc(=O)n(Cc2ccccc2)n1. The number of anilines is 1. The zero-order valence-electron chi connectivity index (χ0n) is 19.5. The fourth-order valence-electron chi connectivity index (χ4n) is 4.00. The summed E-state index contributed by atoms with van der Waals surface area (Å²) in [5.41, 5.74) is 0.751. The molecule has 0 bridgehead atoms. The Bertz CT molecular complexity index is 1350. The lowest BCUT2D eigenvalue weighted by Crippen LogP contribution is -2.32. The molecule has 2 heterocycles. The summed E-state index contributed by atoms with van der Waals surface area (Å²) in [7, 11) is -2.28.